The lowest BCUT2D eigenvalue weighted by atomic mass is 9.89. The largest absolute Gasteiger partial charge is 0.480 e. The molecule has 1 aromatic carbocycles. The van der Waals surface area contributed by atoms with Gasteiger partial charge in [-0.05, 0) is 42.5 Å². The second-order valence-corrected chi connectivity index (χ2v) is 10.00. The number of hydrogen-bond donors (Lipinski definition) is 3. The van der Waals surface area contributed by atoms with Gasteiger partial charge < -0.3 is 20.7 Å². The minimum atomic E-state index is -3.41. The van der Waals surface area contributed by atoms with Gasteiger partial charge in [-0.1, -0.05) is 19.1 Å². The Labute approximate surface area is 197 Å². The number of hydrogen-bond acceptors (Lipinski definition) is 7. The molecule has 11 nitrogen and oxygen atoms in total. The van der Waals surface area contributed by atoms with Crippen molar-refractivity contribution in [2.75, 3.05) is 29.9 Å². The number of anilines is 2. The zero-order chi connectivity index (χ0) is 25.0. The van der Waals surface area contributed by atoms with Gasteiger partial charge in [0.2, 0.25) is 15.9 Å². The number of likely N-dealkylation sites (tertiary alicyclic amines) is 1. The van der Waals surface area contributed by atoms with E-state index in [4.69, 9.17) is 10.5 Å². The molecule has 0 saturated carbocycles. The van der Waals surface area contributed by atoms with Crippen LogP contribution in [-0.2, 0) is 19.6 Å². The monoisotopic (exact) mass is 489 g/mol. The maximum Gasteiger partial charge on any atom is 0.313 e. The number of primary amides is 1. The van der Waals surface area contributed by atoms with Gasteiger partial charge in [0, 0.05) is 12.2 Å². The van der Waals surface area contributed by atoms with Crippen LogP contribution in [0.3, 0.4) is 0 Å². The van der Waals surface area contributed by atoms with Crippen molar-refractivity contribution in [2.45, 2.75) is 25.8 Å². The van der Waals surface area contributed by atoms with Crippen molar-refractivity contribution in [2.24, 2.45) is 11.7 Å². The van der Waals surface area contributed by atoms with Crippen molar-refractivity contribution in [3.8, 4) is 5.88 Å². The number of methoxy groups -OCH3 is 1. The summed E-state index contributed by atoms with van der Waals surface area (Å²) in [6.07, 6.45) is 3.84. The van der Waals surface area contributed by atoms with E-state index in [1.165, 1.54) is 24.3 Å². The summed E-state index contributed by atoms with van der Waals surface area (Å²) < 4.78 is 30.3. The van der Waals surface area contributed by atoms with Crippen molar-refractivity contribution >= 4 is 39.1 Å². The number of carbonyl (C=O) groups excluding carboxylic acids is 3. The normalized spacial score (nSPS) is 18.1. The smallest absolute Gasteiger partial charge is 0.313 e. The first-order valence-corrected chi connectivity index (χ1v) is 12.4. The molecule has 1 aromatic heterocycles. The predicted molar refractivity (Wildman–Crippen MR) is 126 cm³/mol. The average Bonchev–Trinajstić information content (AvgIpc) is 2.78. The van der Waals surface area contributed by atoms with Gasteiger partial charge in [-0.2, -0.15) is 0 Å². The second-order valence-electron chi connectivity index (χ2n) is 8.25. The summed E-state index contributed by atoms with van der Waals surface area (Å²) >= 11 is 0. The zero-order valence-corrected chi connectivity index (χ0v) is 19.9. The summed E-state index contributed by atoms with van der Waals surface area (Å²) in [7, 11) is -2.08. The number of piperidine rings is 1. The van der Waals surface area contributed by atoms with Gasteiger partial charge >= 0.3 is 11.8 Å². The SMILES string of the molecule is COc1ncc(NC(=O)C(=O)N2C[C@@H](C)CC[C@@H]2c2ccc(NS(C)(=O)=O)cc2)cc1C(N)=O. The van der Waals surface area contributed by atoms with Gasteiger partial charge in [-0.25, -0.2) is 13.4 Å². The van der Waals surface area contributed by atoms with E-state index in [1.54, 1.807) is 24.3 Å². The molecule has 0 unspecified atom stereocenters. The number of carbonyl (C=O) groups is 3. The van der Waals surface area contributed by atoms with Gasteiger partial charge in [-0.15, -0.1) is 0 Å². The molecular weight excluding hydrogens is 462 g/mol. The molecule has 1 fully saturated rings. The minimum Gasteiger partial charge on any atom is -0.480 e. The molecule has 1 saturated heterocycles. The first kappa shape index (κ1) is 25.0. The number of benzene rings is 1. The van der Waals surface area contributed by atoms with E-state index in [1.807, 2.05) is 6.92 Å². The van der Waals surface area contributed by atoms with E-state index in [0.29, 0.717) is 18.7 Å². The molecule has 0 radical (unpaired) electrons. The van der Waals surface area contributed by atoms with Crippen molar-refractivity contribution in [3.63, 3.8) is 0 Å². The summed E-state index contributed by atoms with van der Waals surface area (Å²) in [6, 6.07) is 7.65. The lowest BCUT2D eigenvalue weighted by Gasteiger charge is -2.38. The Morgan fingerprint density at radius 2 is 1.82 bits per heavy atom. The van der Waals surface area contributed by atoms with Gasteiger partial charge in [0.25, 0.3) is 5.91 Å². The second kappa shape index (κ2) is 10.1. The third kappa shape index (κ3) is 6.01. The lowest BCUT2D eigenvalue weighted by molar-refractivity contribution is -0.146. The molecule has 34 heavy (non-hydrogen) atoms. The summed E-state index contributed by atoms with van der Waals surface area (Å²) in [5.74, 6) is -2.19. The highest BCUT2D eigenvalue weighted by Gasteiger charge is 2.34. The molecule has 0 aliphatic carbocycles. The van der Waals surface area contributed by atoms with Gasteiger partial charge in [-0.3, -0.25) is 19.1 Å². The number of pyridine rings is 1. The van der Waals surface area contributed by atoms with E-state index in [0.717, 1.165) is 18.2 Å². The van der Waals surface area contributed by atoms with Crippen molar-refractivity contribution in [3.05, 3.63) is 47.7 Å². The fraction of sp³-hybridized carbons (Fsp3) is 0.364. The Morgan fingerprint density at radius 3 is 2.41 bits per heavy atom. The topological polar surface area (TPSA) is 161 Å². The van der Waals surface area contributed by atoms with Crippen LogP contribution in [0.15, 0.2) is 36.5 Å². The number of nitrogens with two attached hydrogens (primary N) is 1. The number of rotatable bonds is 6. The molecule has 3 rings (SSSR count). The Bertz CT molecular complexity index is 1200. The van der Waals surface area contributed by atoms with Crippen molar-refractivity contribution in [1.29, 1.82) is 0 Å². The summed E-state index contributed by atoms with van der Waals surface area (Å²) in [6.45, 7) is 2.38. The Morgan fingerprint density at radius 1 is 1.15 bits per heavy atom. The lowest BCUT2D eigenvalue weighted by Crippen LogP contribution is -2.46. The number of amides is 3. The standard InChI is InChI=1S/C22H27N5O6S/c1-13-4-9-18(14-5-7-15(8-6-14)26-34(3,31)32)27(12-13)22(30)20(29)25-16-10-17(19(23)28)21(33-2)24-11-16/h5-8,10-11,13,18,26H,4,9,12H2,1-3H3,(H2,23,28)(H,25,29)/t13-,18+/m0/s1. The first-order valence-electron chi connectivity index (χ1n) is 10.5. The van der Waals surface area contributed by atoms with Crippen molar-refractivity contribution in [1.82, 2.24) is 9.88 Å². The summed E-state index contributed by atoms with van der Waals surface area (Å²) in [4.78, 5) is 43.0. The van der Waals surface area contributed by atoms with Gasteiger partial charge in [0.1, 0.15) is 5.56 Å². The molecule has 182 valence electrons. The first-order chi connectivity index (χ1) is 16.0. The number of nitrogens with zero attached hydrogens (tertiary/aromatic N) is 2. The van der Waals surface area contributed by atoms with Crippen LogP contribution in [0.1, 0.15) is 41.7 Å². The van der Waals surface area contributed by atoms with Crippen LogP contribution in [0.2, 0.25) is 0 Å². The third-order valence-electron chi connectivity index (χ3n) is 5.44. The predicted octanol–water partition coefficient (Wildman–Crippen LogP) is 1.50. The minimum absolute atomic E-state index is 0.00977. The number of ether oxygens (including phenoxy) is 1. The van der Waals surface area contributed by atoms with Crippen LogP contribution in [0.4, 0.5) is 11.4 Å². The fourth-order valence-electron chi connectivity index (χ4n) is 3.89. The molecule has 2 heterocycles. The average molecular weight is 490 g/mol. The van der Waals surface area contributed by atoms with Crippen LogP contribution < -0.4 is 20.5 Å². The van der Waals surface area contributed by atoms with Crippen LogP contribution in [0.25, 0.3) is 0 Å². The summed E-state index contributed by atoms with van der Waals surface area (Å²) in [5, 5.41) is 2.47. The summed E-state index contributed by atoms with van der Waals surface area (Å²) in [5.41, 5.74) is 6.62. The quantitative estimate of drug-likeness (QED) is 0.518. The number of nitrogens with one attached hydrogen (secondary N) is 2. The van der Waals surface area contributed by atoms with Gasteiger partial charge in [0.15, 0.2) is 0 Å². The molecule has 12 heteroatoms. The molecule has 3 amide bonds. The van der Waals surface area contributed by atoms with E-state index in [2.05, 4.69) is 15.0 Å². The van der Waals surface area contributed by atoms with Gasteiger partial charge in [0.05, 0.1) is 31.3 Å². The molecular formula is C22H27N5O6S. The molecule has 0 bridgehead atoms. The number of aromatic nitrogens is 1. The molecule has 4 N–H and O–H groups in total. The molecule has 1 aliphatic heterocycles. The Balaban J connectivity index is 1.80. The van der Waals surface area contributed by atoms with E-state index < -0.39 is 27.7 Å². The zero-order valence-electron chi connectivity index (χ0n) is 19.1. The molecule has 1 aliphatic rings. The Hall–Kier alpha value is -3.67. The highest BCUT2D eigenvalue weighted by Crippen LogP contribution is 2.34. The maximum atomic E-state index is 13.1. The van der Waals surface area contributed by atoms with Crippen LogP contribution >= 0.6 is 0 Å². The fourth-order valence-corrected chi connectivity index (χ4v) is 4.45. The highest BCUT2D eigenvalue weighted by molar-refractivity contribution is 7.92. The third-order valence-corrected chi connectivity index (χ3v) is 6.05. The van der Waals surface area contributed by atoms with E-state index >= 15 is 0 Å². The number of sulfonamides is 1. The van der Waals surface area contributed by atoms with Crippen molar-refractivity contribution < 1.29 is 27.5 Å². The van der Waals surface area contributed by atoms with E-state index in [-0.39, 0.29) is 29.1 Å². The molecule has 2 aromatic rings. The molecule has 2 atom stereocenters. The highest BCUT2D eigenvalue weighted by atomic mass is 32.2. The van der Waals surface area contributed by atoms with Crippen LogP contribution in [0, 0.1) is 5.92 Å². The maximum absolute atomic E-state index is 13.1. The van der Waals surface area contributed by atoms with E-state index in [9.17, 15) is 22.8 Å². The Kier molecular flexibility index (Phi) is 7.40. The molecule has 0 spiro atoms. The van der Waals surface area contributed by atoms with Crippen LogP contribution in [0.5, 0.6) is 5.88 Å². The van der Waals surface area contributed by atoms with Crippen LogP contribution in [-0.4, -0.2) is 55.9 Å².